The minimum atomic E-state index is -0.412. The van der Waals surface area contributed by atoms with Gasteiger partial charge in [-0.25, -0.2) is 4.79 Å². The number of anilines is 1. The van der Waals surface area contributed by atoms with Gasteiger partial charge in [0.15, 0.2) is 0 Å². The van der Waals surface area contributed by atoms with E-state index < -0.39 is 5.69 Å². The molecule has 1 rings (SSSR count). The van der Waals surface area contributed by atoms with Crippen LogP contribution in [0, 0.1) is 0 Å². The summed E-state index contributed by atoms with van der Waals surface area (Å²) in [6.07, 6.45) is 1.45. The van der Waals surface area contributed by atoms with Crippen LogP contribution in [0.3, 0.4) is 0 Å². The van der Waals surface area contributed by atoms with E-state index in [1.54, 1.807) is 0 Å². The van der Waals surface area contributed by atoms with Gasteiger partial charge in [0.25, 0.3) is 6.47 Å². The zero-order valence-corrected chi connectivity index (χ0v) is 5.52. The molecule has 4 N–H and O–H groups in total. The van der Waals surface area contributed by atoms with Crippen LogP contribution < -0.4 is 11.4 Å². The van der Waals surface area contributed by atoms with Crippen LogP contribution in [0.2, 0.25) is 0 Å². The fraction of sp³-hybridized carbons (Fsp3) is 0. The zero-order chi connectivity index (χ0) is 8.69. The number of nitrogen functional groups attached to an aromatic ring is 1. The summed E-state index contributed by atoms with van der Waals surface area (Å²) in [5.74, 6) is 0.244. The first-order valence-corrected chi connectivity index (χ1v) is 2.59. The third-order valence-corrected chi connectivity index (χ3v) is 0.692. The standard InChI is InChI=1S/C4H5N3O.CH2O2/c5-3-1-2-6-4(8)7-3;2-1-3/h1-2H,(H3,5,6,7,8);1H,(H,2,3). The number of H-pyrrole nitrogens is 1. The molecule has 1 aromatic rings. The molecule has 1 heterocycles. The third kappa shape index (κ3) is 4.64. The Hall–Kier alpha value is -1.85. The quantitative estimate of drug-likeness (QED) is 0.421. The van der Waals surface area contributed by atoms with E-state index in [4.69, 9.17) is 15.6 Å². The highest BCUT2D eigenvalue weighted by atomic mass is 16.3. The summed E-state index contributed by atoms with van der Waals surface area (Å²) in [6, 6.07) is 1.52. The van der Waals surface area contributed by atoms with Gasteiger partial charge in [0.1, 0.15) is 5.82 Å². The molecule has 6 nitrogen and oxygen atoms in total. The predicted molar refractivity (Wildman–Crippen MR) is 38.0 cm³/mol. The normalized spacial score (nSPS) is 7.64. The van der Waals surface area contributed by atoms with E-state index in [-0.39, 0.29) is 12.3 Å². The Labute approximate surface area is 61.7 Å². The molecule has 0 spiro atoms. The summed E-state index contributed by atoms with van der Waals surface area (Å²) in [7, 11) is 0. The number of nitrogens with two attached hydrogens (primary N) is 1. The van der Waals surface area contributed by atoms with Crippen molar-refractivity contribution in [1.29, 1.82) is 0 Å². The van der Waals surface area contributed by atoms with Crippen molar-refractivity contribution < 1.29 is 9.90 Å². The number of aromatic nitrogens is 2. The lowest BCUT2D eigenvalue weighted by Gasteiger charge is -1.83. The molecular formula is C5H7N3O3. The number of aromatic amines is 1. The number of nitrogens with zero attached hydrogens (tertiary/aromatic N) is 1. The van der Waals surface area contributed by atoms with Gasteiger partial charge >= 0.3 is 5.69 Å². The summed E-state index contributed by atoms with van der Waals surface area (Å²) in [6.45, 7) is -0.250. The molecule has 0 bridgehead atoms. The van der Waals surface area contributed by atoms with Gasteiger partial charge in [-0.1, -0.05) is 0 Å². The van der Waals surface area contributed by atoms with Crippen LogP contribution in [0.5, 0.6) is 0 Å². The Morgan fingerprint density at radius 2 is 2.27 bits per heavy atom. The summed E-state index contributed by atoms with van der Waals surface area (Å²) in [5.41, 5.74) is 4.72. The molecule has 0 aliphatic carbocycles. The second-order valence-electron chi connectivity index (χ2n) is 1.42. The average Bonchev–Trinajstić information content (AvgIpc) is 1.88. The topological polar surface area (TPSA) is 109 Å². The van der Waals surface area contributed by atoms with Crippen LogP contribution in [-0.4, -0.2) is 21.5 Å². The van der Waals surface area contributed by atoms with Gasteiger partial charge in [0.05, 0.1) is 0 Å². The maximum Gasteiger partial charge on any atom is 0.346 e. The predicted octanol–water partition coefficient (Wildman–Crippen LogP) is -0.947. The minimum Gasteiger partial charge on any atom is -0.483 e. The smallest absolute Gasteiger partial charge is 0.346 e. The minimum absolute atomic E-state index is 0.244. The van der Waals surface area contributed by atoms with Crippen LogP contribution in [0.4, 0.5) is 5.82 Å². The maximum atomic E-state index is 10.2. The van der Waals surface area contributed by atoms with Crippen molar-refractivity contribution in [3.05, 3.63) is 22.7 Å². The number of carbonyl (C=O) groups is 1. The number of hydrogen-bond donors (Lipinski definition) is 3. The molecule has 0 saturated carbocycles. The Kier molecular flexibility index (Phi) is 4.14. The van der Waals surface area contributed by atoms with E-state index in [1.807, 2.05) is 0 Å². The number of rotatable bonds is 0. The van der Waals surface area contributed by atoms with E-state index >= 15 is 0 Å². The number of carboxylic acid groups (broad SMARTS) is 1. The molecule has 1 aromatic heterocycles. The molecule has 60 valence electrons. The average molecular weight is 157 g/mol. The molecule has 0 amide bonds. The largest absolute Gasteiger partial charge is 0.483 e. The van der Waals surface area contributed by atoms with E-state index in [9.17, 15) is 4.79 Å². The van der Waals surface area contributed by atoms with Gasteiger partial charge < -0.3 is 15.8 Å². The molecule has 0 radical (unpaired) electrons. The highest BCUT2D eigenvalue weighted by molar-refractivity contribution is 5.32. The number of nitrogens with one attached hydrogen (secondary N) is 1. The molecule has 0 aliphatic heterocycles. The van der Waals surface area contributed by atoms with Gasteiger partial charge in [0.2, 0.25) is 0 Å². The van der Waals surface area contributed by atoms with E-state index in [0.717, 1.165) is 0 Å². The van der Waals surface area contributed by atoms with Gasteiger partial charge in [-0.15, -0.1) is 0 Å². The summed E-state index contributed by atoms with van der Waals surface area (Å²) in [5, 5.41) is 6.89. The highest BCUT2D eigenvalue weighted by Crippen LogP contribution is 1.82. The summed E-state index contributed by atoms with van der Waals surface area (Å²) in [4.78, 5) is 24.3. The van der Waals surface area contributed by atoms with Gasteiger partial charge in [-0.2, -0.15) is 4.98 Å². The molecule has 6 heteroatoms. The second-order valence-corrected chi connectivity index (χ2v) is 1.42. The summed E-state index contributed by atoms with van der Waals surface area (Å²) >= 11 is 0. The maximum absolute atomic E-state index is 10.2. The van der Waals surface area contributed by atoms with E-state index in [2.05, 4.69) is 9.97 Å². The lowest BCUT2D eigenvalue weighted by molar-refractivity contribution is -0.122. The van der Waals surface area contributed by atoms with Gasteiger partial charge in [-0.3, -0.25) is 4.79 Å². The third-order valence-electron chi connectivity index (χ3n) is 0.692. The fourth-order valence-electron chi connectivity index (χ4n) is 0.385. The molecule has 0 aliphatic rings. The molecule has 11 heavy (non-hydrogen) atoms. The van der Waals surface area contributed by atoms with E-state index in [0.29, 0.717) is 0 Å². The van der Waals surface area contributed by atoms with Crippen molar-refractivity contribution in [3.8, 4) is 0 Å². The Bertz CT molecular complexity index is 270. The first kappa shape index (κ1) is 9.15. The van der Waals surface area contributed by atoms with Crippen molar-refractivity contribution in [3.63, 3.8) is 0 Å². The van der Waals surface area contributed by atoms with Crippen LogP contribution in [-0.2, 0) is 4.79 Å². The van der Waals surface area contributed by atoms with Crippen molar-refractivity contribution in [2.45, 2.75) is 0 Å². The lowest BCUT2D eigenvalue weighted by atomic mass is 10.6. The number of hydrogen-bond acceptors (Lipinski definition) is 4. The molecule has 0 aromatic carbocycles. The van der Waals surface area contributed by atoms with Crippen LogP contribution in [0.15, 0.2) is 17.1 Å². The van der Waals surface area contributed by atoms with Crippen molar-refractivity contribution in [2.24, 2.45) is 0 Å². The first-order valence-electron chi connectivity index (χ1n) is 2.59. The Morgan fingerprint density at radius 3 is 2.55 bits per heavy atom. The SMILES string of the molecule is Nc1cc[nH]c(=O)n1.O=CO. The Morgan fingerprint density at radius 1 is 1.73 bits per heavy atom. The fourth-order valence-corrected chi connectivity index (χ4v) is 0.385. The molecule has 0 fully saturated rings. The Balaban J connectivity index is 0.000000292. The van der Waals surface area contributed by atoms with E-state index in [1.165, 1.54) is 12.3 Å². The van der Waals surface area contributed by atoms with Crippen LogP contribution in [0.1, 0.15) is 0 Å². The lowest BCUT2D eigenvalue weighted by Crippen LogP contribution is -2.10. The zero-order valence-electron chi connectivity index (χ0n) is 5.52. The highest BCUT2D eigenvalue weighted by Gasteiger charge is 1.81. The van der Waals surface area contributed by atoms with Gasteiger partial charge in [0, 0.05) is 6.20 Å². The van der Waals surface area contributed by atoms with Crippen molar-refractivity contribution in [1.82, 2.24) is 9.97 Å². The van der Waals surface area contributed by atoms with Crippen molar-refractivity contribution >= 4 is 12.3 Å². The molecular weight excluding hydrogens is 150 g/mol. The van der Waals surface area contributed by atoms with Crippen LogP contribution in [0.25, 0.3) is 0 Å². The molecule has 0 unspecified atom stereocenters. The first-order chi connectivity index (χ1) is 5.20. The van der Waals surface area contributed by atoms with Crippen molar-refractivity contribution in [2.75, 3.05) is 5.73 Å². The molecule has 0 saturated heterocycles. The summed E-state index contributed by atoms with van der Waals surface area (Å²) < 4.78 is 0. The monoisotopic (exact) mass is 157 g/mol. The second kappa shape index (κ2) is 4.98. The van der Waals surface area contributed by atoms with Crippen LogP contribution >= 0.6 is 0 Å². The molecule has 0 atom stereocenters. The van der Waals surface area contributed by atoms with Gasteiger partial charge in [-0.05, 0) is 6.07 Å².